The minimum atomic E-state index is -0.151. The molecule has 37 heavy (non-hydrogen) atoms. The second-order valence-corrected chi connectivity index (χ2v) is 11.7. The lowest BCUT2D eigenvalue weighted by Gasteiger charge is -2.21. The lowest BCUT2D eigenvalue weighted by atomic mass is 10.1. The van der Waals surface area contributed by atoms with Crippen molar-refractivity contribution in [3.8, 4) is 21.0 Å². The Kier molecular flexibility index (Phi) is 8.53. The Hall–Kier alpha value is -3.33. The third-order valence-electron chi connectivity index (χ3n) is 5.50. The highest BCUT2D eigenvalue weighted by Crippen LogP contribution is 2.38. The maximum Gasteiger partial charge on any atom is 0.321 e. The summed E-state index contributed by atoms with van der Waals surface area (Å²) < 4.78 is 3.51. The third kappa shape index (κ3) is 7.35. The summed E-state index contributed by atoms with van der Waals surface area (Å²) in [6, 6.07) is 24.1. The number of anilines is 2. The smallest absolute Gasteiger partial charge is 0.321 e. The van der Waals surface area contributed by atoms with Crippen LogP contribution in [0.1, 0.15) is 26.3 Å². The minimum absolute atomic E-state index is 0.0784. The van der Waals surface area contributed by atoms with Gasteiger partial charge in [-0.05, 0) is 74.7 Å². The highest BCUT2D eigenvalue weighted by molar-refractivity contribution is 7.97. The molecular formula is C29H33N5OS2. The molecule has 0 unspecified atom stereocenters. The Balaban J connectivity index is 1.56. The van der Waals surface area contributed by atoms with E-state index in [4.69, 9.17) is 4.98 Å². The molecule has 0 saturated carbocycles. The summed E-state index contributed by atoms with van der Waals surface area (Å²) in [6.45, 7) is 6.92. The molecule has 0 spiro atoms. The van der Waals surface area contributed by atoms with E-state index in [1.807, 2.05) is 55.7 Å². The molecule has 0 saturated heterocycles. The number of amides is 2. The lowest BCUT2D eigenvalue weighted by molar-refractivity contribution is 0.220. The van der Waals surface area contributed by atoms with Crippen LogP contribution in [-0.2, 0) is 6.54 Å². The molecule has 2 amide bonds. The van der Waals surface area contributed by atoms with E-state index in [9.17, 15) is 4.79 Å². The first-order valence-corrected chi connectivity index (χ1v) is 13.7. The molecule has 0 aliphatic heterocycles. The van der Waals surface area contributed by atoms with E-state index < -0.39 is 0 Å². The first-order chi connectivity index (χ1) is 17.7. The van der Waals surface area contributed by atoms with Gasteiger partial charge >= 0.3 is 6.03 Å². The molecule has 0 atom stereocenters. The van der Waals surface area contributed by atoms with Gasteiger partial charge in [-0.25, -0.2) is 9.78 Å². The topological polar surface area (TPSA) is 69.3 Å². The van der Waals surface area contributed by atoms with Crippen LogP contribution >= 0.6 is 23.3 Å². The molecule has 0 radical (unpaired) electrons. The van der Waals surface area contributed by atoms with Gasteiger partial charge in [-0.1, -0.05) is 36.4 Å². The van der Waals surface area contributed by atoms with Crippen molar-refractivity contribution in [3.63, 3.8) is 0 Å². The first-order valence-electron chi connectivity index (χ1n) is 12.1. The number of carbonyl (C=O) groups excluding carboxylic acids is 1. The number of carbonyl (C=O) groups is 1. The summed E-state index contributed by atoms with van der Waals surface area (Å²) in [5, 5.41) is 7.17. The van der Waals surface area contributed by atoms with E-state index in [1.165, 1.54) is 0 Å². The summed E-state index contributed by atoms with van der Waals surface area (Å²) in [5.41, 5.74) is 4.99. The number of aromatic nitrogens is 1. The van der Waals surface area contributed by atoms with Crippen LogP contribution in [0.25, 0.3) is 21.0 Å². The Morgan fingerprint density at radius 3 is 2.38 bits per heavy atom. The van der Waals surface area contributed by atoms with Gasteiger partial charge in [0.05, 0.1) is 4.88 Å². The molecule has 0 aliphatic rings. The molecule has 1 aromatic heterocycles. The van der Waals surface area contributed by atoms with E-state index in [0.717, 1.165) is 42.8 Å². The number of urea groups is 1. The number of thiazole rings is 1. The standard InChI is InChI=1S/C29H33N5OS2/c1-29(2,3)33-37-25-17-23(32-28(35)34(5)19-20-9-7-6-8-10-20)15-16-24(25)26-18-31-27(36-26)21-11-13-22(30-4)14-12-21/h6-18,30,33H,19H2,1-5H3,(H,32,35). The predicted molar refractivity (Wildman–Crippen MR) is 158 cm³/mol. The number of hydrogen-bond acceptors (Lipinski definition) is 6. The van der Waals surface area contributed by atoms with Crippen LogP contribution in [0, 0.1) is 0 Å². The van der Waals surface area contributed by atoms with Gasteiger partial charge in [-0.15, -0.1) is 11.3 Å². The van der Waals surface area contributed by atoms with Crippen LogP contribution in [-0.4, -0.2) is 35.5 Å². The molecule has 4 rings (SSSR count). The van der Waals surface area contributed by atoms with Crippen molar-refractivity contribution in [1.29, 1.82) is 0 Å². The van der Waals surface area contributed by atoms with Crippen LogP contribution in [0.4, 0.5) is 16.2 Å². The van der Waals surface area contributed by atoms with Gasteiger partial charge in [0.1, 0.15) is 5.01 Å². The van der Waals surface area contributed by atoms with E-state index in [0.29, 0.717) is 6.54 Å². The first kappa shape index (κ1) is 26.7. The zero-order chi connectivity index (χ0) is 26.4. The highest BCUT2D eigenvalue weighted by Gasteiger charge is 2.17. The molecule has 1 heterocycles. The van der Waals surface area contributed by atoms with Crippen molar-refractivity contribution in [2.45, 2.75) is 37.8 Å². The molecule has 8 heteroatoms. The Morgan fingerprint density at radius 1 is 1.00 bits per heavy atom. The molecule has 3 N–H and O–H groups in total. The monoisotopic (exact) mass is 531 g/mol. The second-order valence-electron chi connectivity index (χ2n) is 9.79. The van der Waals surface area contributed by atoms with E-state index in [2.05, 4.69) is 66.5 Å². The average molecular weight is 532 g/mol. The number of nitrogens with one attached hydrogen (secondary N) is 3. The molecule has 3 aromatic carbocycles. The Morgan fingerprint density at radius 2 is 1.70 bits per heavy atom. The SMILES string of the molecule is CNc1ccc(-c2ncc(-c3ccc(NC(=O)N(C)Cc4ccccc4)cc3SNC(C)(C)C)s2)cc1. The second kappa shape index (κ2) is 11.8. The van der Waals surface area contributed by atoms with Crippen LogP contribution < -0.4 is 15.4 Å². The fourth-order valence-electron chi connectivity index (χ4n) is 3.56. The van der Waals surface area contributed by atoms with Gasteiger partial charge < -0.3 is 15.5 Å². The Labute approximate surface area is 227 Å². The molecule has 6 nitrogen and oxygen atoms in total. The van der Waals surface area contributed by atoms with Crippen LogP contribution in [0.3, 0.4) is 0 Å². The van der Waals surface area contributed by atoms with Crippen molar-refractivity contribution in [1.82, 2.24) is 14.6 Å². The Bertz CT molecular complexity index is 1330. The summed E-state index contributed by atoms with van der Waals surface area (Å²) >= 11 is 3.22. The van der Waals surface area contributed by atoms with Gasteiger partial charge in [0.2, 0.25) is 0 Å². The maximum atomic E-state index is 12.9. The van der Waals surface area contributed by atoms with E-state index in [1.54, 1.807) is 35.2 Å². The summed E-state index contributed by atoms with van der Waals surface area (Å²) in [6.07, 6.45) is 1.92. The quantitative estimate of drug-likeness (QED) is 0.205. The van der Waals surface area contributed by atoms with Crippen LogP contribution in [0.15, 0.2) is 83.9 Å². The van der Waals surface area contributed by atoms with E-state index in [-0.39, 0.29) is 11.6 Å². The van der Waals surface area contributed by atoms with Crippen LogP contribution in [0.2, 0.25) is 0 Å². The third-order valence-corrected chi connectivity index (χ3v) is 7.85. The summed E-state index contributed by atoms with van der Waals surface area (Å²) in [5.74, 6) is 0. The number of benzene rings is 3. The fourth-order valence-corrected chi connectivity index (χ4v) is 5.47. The van der Waals surface area contributed by atoms with Crippen molar-refractivity contribution < 1.29 is 4.79 Å². The van der Waals surface area contributed by atoms with Crippen molar-refractivity contribution in [3.05, 3.63) is 84.6 Å². The zero-order valence-electron chi connectivity index (χ0n) is 21.8. The van der Waals surface area contributed by atoms with Crippen molar-refractivity contribution >= 4 is 40.7 Å². The number of nitrogens with zero attached hydrogens (tertiary/aromatic N) is 2. The average Bonchev–Trinajstić information content (AvgIpc) is 3.38. The molecule has 4 aromatic rings. The molecule has 192 valence electrons. The van der Waals surface area contributed by atoms with Gasteiger partial charge in [0.15, 0.2) is 0 Å². The number of hydrogen-bond donors (Lipinski definition) is 3. The van der Waals surface area contributed by atoms with Crippen molar-refractivity contribution in [2.75, 3.05) is 24.7 Å². The number of rotatable bonds is 8. The molecular weight excluding hydrogens is 498 g/mol. The predicted octanol–water partition coefficient (Wildman–Crippen LogP) is 7.58. The normalized spacial score (nSPS) is 11.3. The van der Waals surface area contributed by atoms with Gasteiger partial charge in [-0.2, -0.15) is 0 Å². The van der Waals surface area contributed by atoms with Gasteiger partial charge in [0, 0.05) is 59.8 Å². The fraction of sp³-hybridized carbons (Fsp3) is 0.241. The lowest BCUT2D eigenvalue weighted by Crippen LogP contribution is -2.31. The summed E-state index contributed by atoms with van der Waals surface area (Å²) in [7, 11) is 3.71. The maximum absolute atomic E-state index is 12.9. The van der Waals surface area contributed by atoms with E-state index >= 15 is 0 Å². The van der Waals surface area contributed by atoms with Gasteiger partial charge in [0.25, 0.3) is 0 Å². The summed E-state index contributed by atoms with van der Waals surface area (Å²) in [4.78, 5) is 21.4. The zero-order valence-corrected chi connectivity index (χ0v) is 23.5. The van der Waals surface area contributed by atoms with Crippen LogP contribution in [0.5, 0.6) is 0 Å². The minimum Gasteiger partial charge on any atom is -0.388 e. The molecule has 0 aliphatic carbocycles. The highest BCUT2D eigenvalue weighted by atomic mass is 32.2. The largest absolute Gasteiger partial charge is 0.388 e. The van der Waals surface area contributed by atoms with Gasteiger partial charge in [-0.3, -0.25) is 4.72 Å². The van der Waals surface area contributed by atoms with Crippen molar-refractivity contribution in [2.24, 2.45) is 0 Å². The molecule has 0 fully saturated rings. The molecule has 0 bridgehead atoms.